The van der Waals surface area contributed by atoms with Crippen LogP contribution in [0.5, 0.6) is 0 Å². The number of nitrogens with zero attached hydrogens (tertiary/aromatic N) is 3. The third-order valence-electron chi connectivity index (χ3n) is 5.76. The van der Waals surface area contributed by atoms with E-state index in [1.165, 1.54) is 29.6 Å². The number of rotatable bonds is 7. The Morgan fingerprint density at radius 3 is 2.62 bits per heavy atom. The zero-order valence-electron chi connectivity index (χ0n) is 17.8. The van der Waals surface area contributed by atoms with Crippen LogP contribution in [0.15, 0.2) is 47.5 Å². The first kappa shape index (κ1) is 21.9. The summed E-state index contributed by atoms with van der Waals surface area (Å²) in [6.45, 7) is 3.50. The van der Waals surface area contributed by atoms with Gasteiger partial charge in [-0.3, -0.25) is 19.0 Å². The lowest BCUT2D eigenvalue weighted by Crippen LogP contribution is -2.40. The van der Waals surface area contributed by atoms with Crippen molar-refractivity contribution in [3.63, 3.8) is 0 Å². The Bertz CT molecular complexity index is 1310. The fourth-order valence-electron chi connectivity index (χ4n) is 4.11. The molecule has 164 valence electrons. The van der Waals surface area contributed by atoms with Crippen molar-refractivity contribution >= 4 is 40.0 Å². The van der Waals surface area contributed by atoms with E-state index in [-0.39, 0.29) is 36.0 Å². The number of benzene rings is 2. The molecule has 1 unspecified atom stereocenters. The molecule has 0 bridgehead atoms. The van der Waals surface area contributed by atoms with Gasteiger partial charge < -0.3 is 9.69 Å². The molecular weight excluding hydrogens is 430 g/mol. The van der Waals surface area contributed by atoms with Crippen LogP contribution in [0.2, 0.25) is 5.02 Å². The molecule has 0 saturated heterocycles. The van der Waals surface area contributed by atoms with E-state index in [2.05, 4.69) is 4.98 Å². The van der Waals surface area contributed by atoms with E-state index in [4.69, 9.17) is 11.6 Å². The van der Waals surface area contributed by atoms with Gasteiger partial charge in [-0.15, -0.1) is 0 Å². The number of carbonyl (C=O) groups excluding carboxylic acids is 3. The smallest absolute Gasteiger partial charge is 0.261 e. The SMILES string of the molecule is CC(=O)CCC(C(C)=O)N1Cc2cc(Cn3cnc4ccc(Cl)cc4c3=O)ccc2C1=O. The molecule has 3 aromatic rings. The summed E-state index contributed by atoms with van der Waals surface area (Å²) in [5.41, 5.74) is 2.56. The van der Waals surface area contributed by atoms with Crippen molar-refractivity contribution < 1.29 is 14.4 Å². The highest BCUT2D eigenvalue weighted by Gasteiger charge is 2.34. The van der Waals surface area contributed by atoms with E-state index in [1.54, 1.807) is 30.3 Å². The van der Waals surface area contributed by atoms with Crippen molar-refractivity contribution in [3.8, 4) is 0 Å². The molecule has 1 amide bonds. The van der Waals surface area contributed by atoms with Gasteiger partial charge in [0.15, 0.2) is 5.78 Å². The Morgan fingerprint density at radius 1 is 1.12 bits per heavy atom. The van der Waals surface area contributed by atoms with E-state index in [1.807, 2.05) is 6.07 Å². The van der Waals surface area contributed by atoms with Crippen molar-refractivity contribution in [1.29, 1.82) is 0 Å². The third-order valence-corrected chi connectivity index (χ3v) is 5.99. The summed E-state index contributed by atoms with van der Waals surface area (Å²) in [5, 5.41) is 0.910. The molecule has 4 rings (SSSR count). The fraction of sp³-hybridized carbons (Fsp3) is 0.292. The van der Waals surface area contributed by atoms with Crippen LogP contribution in [0.25, 0.3) is 10.9 Å². The number of hydrogen-bond donors (Lipinski definition) is 0. The third kappa shape index (κ3) is 4.21. The van der Waals surface area contributed by atoms with Crippen molar-refractivity contribution in [1.82, 2.24) is 14.5 Å². The number of amides is 1. The second-order valence-electron chi connectivity index (χ2n) is 8.13. The molecule has 0 N–H and O–H groups in total. The first-order chi connectivity index (χ1) is 15.2. The highest BCUT2D eigenvalue weighted by molar-refractivity contribution is 6.31. The van der Waals surface area contributed by atoms with Gasteiger partial charge >= 0.3 is 0 Å². The maximum Gasteiger partial charge on any atom is 0.261 e. The first-order valence-corrected chi connectivity index (χ1v) is 10.7. The molecule has 32 heavy (non-hydrogen) atoms. The summed E-state index contributed by atoms with van der Waals surface area (Å²) in [5.74, 6) is -0.368. The summed E-state index contributed by atoms with van der Waals surface area (Å²) in [7, 11) is 0. The monoisotopic (exact) mass is 451 g/mol. The Hall–Kier alpha value is -3.32. The Kier molecular flexibility index (Phi) is 5.93. The molecule has 0 fully saturated rings. The van der Waals surface area contributed by atoms with E-state index in [9.17, 15) is 19.2 Å². The van der Waals surface area contributed by atoms with Gasteiger partial charge in [-0.1, -0.05) is 23.7 Å². The molecule has 1 aliphatic heterocycles. The second-order valence-corrected chi connectivity index (χ2v) is 8.57. The average Bonchev–Trinajstić information content (AvgIpc) is 3.06. The summed E-state index contributed by atoms with van der Waals surface area (Å²) in [6, 6.07) is 9.78. The first-order valence-electron chi connectivity index (χ1n) is 10.3. The van der Waals surface area contributed by atoms with Gasteiger partial charge in [0.2, 0.25) is 0 Å². The van der Waals surface area contributed by atoms with Crippen LogP contribution in [-0.2, 0) is 22.7 Å². The van der Waals surface area contributed by atoms with E-state index >= 15 is 0 Å². The van der Waals surface area contributed by atoms with Crippen molar-refractivity contribution in [2.45, 2.75) is 45.8 Å². The van der Waals surface area contributed by atoms with Crippen molar-refractivity contribution in [2.75, 3.05) is 0 Å². The fourth-order valence-corrected chi connectivity index (χ4v) is 4.28. The zero-order chi connectivity index (χ0) is 23.0. The lowest BCUT2D eigenvalue weighted by molar-refractivity contribution is -0.122. The molecule has 2 heterocycles. The van der Waals surface area contributed by atoms with Gasteiger partial charge in [0.25, 0.3) is 11.5 Å². The molecule has 8 heteroatoms. The number of fused-ring (bicyclic) bond motifs is 2. The predicted molar refractivity (Wildman–Crippen MR) is 121 cm³/mol. The maximum atomic E-state index is 12.9. The van der Waals surface area contributed by atoms with Gasteiger partial charge in [-0.25, -0.2) is 4.98 Å². The normalized spacial score (nSPS) is 14.0. The zero-order valence-corrected chi connectivity index (χ0v) is 18.6. The number of Topliss-reactive ketones (excluding diaryl/α,β-unsaturated/α-hetero) is 2. The standard InChI is InChI=1S/C24H22ClN3O4/c1-14(29)3-8-22(15(2)30)28-12-17-9-16(4-6-19(17)24(28)32)11-27-13-26-21-7-5-18(25)10-20(21)23(27)31/h4-7,9-10,13,22H,3,8,11-12H2,1-2H3. The number of carbonyl (C=O) groups is 3. The molecule has 7 nitrogen and oxygen atoms in total. The highest BCUT2D eigenvalue weighted by Crippen LogP contribution is 2.28. The second kappa shape index (κ2) is 8.67. The predicted octanol–water partition coefficient (Wildman–Crippen LogP) is 3.38. The van der Waals surface area contributed by atoms with Crippen molar-refractivity contribution in [3.05, 3.63) is 74.8 Å². The molecular formula is C24H22ClN3O4. The number of halogens is 1. The van der Waals surface area contributed by atoms with Gasteiger partial charge in [-0.2, -0.15) is 0 Å². The van der Waals surface area contributed by atoms with Crippen LogP contribution in [0.3, 0.4) is 0 Å². The van der Waals surface area contributed by atoms with Gasteiger partial charge in [0.05, 0.1) is 29.8 Å². The molecule has 1 atom stereocenters. The minimum absolute atomic E-state index is 0.0154. The van der Waals surface area contributed by atoms with E-state index in [0.29, 0.717) is 34.5 Å². The topological polar surface area (TPSA) is 89.3 Å². The average molecular weight is 452 g/mol. The summed E-state index contributed by atoms with van der Waals surface area (Å²) < 4.78 is 1.50. The summed E-state index contributed by atoms with van der Waals surface area (Å²) in [4.78, 5) is 55.1. The molecule has 0 radical (unpaired) electrons. The molecule has 0 saturated carbocycles. The molecule has 2 aromatic carbocycles. The molecule has 0 aliphatic carbocycles. The van der Waals surface area contributed by atoms with Crippen LogP contribution < -0.4 is 5.56 Å². The van der Waals surface area contributed by atoms with Crippen LogP contribution in [0.1, 0.15) is 48.2 Å². The maximum absolute atomic E-state index is 12.9. The summed E-state index contributed by atoms with van der Waals surface area (Å²) >= 11 is 6.03. The Balaban J connectivity index is 1.60. The highest BCUT2D eigenvalue weighted by atomic mass is 35.5. The van der Waals surface area contributed by atoms with Crippen LogP contribution in [0.4, 0.5) is 0 Å². The number of aromatic nitrogens is 2. The minimum atomic E-state index is -0.626. The molecule has 1 aliphatic rings. The lowest BCUT2D eigenvalue weighted by Gasteiger charge is -2.25. The van der Waals surface area contributed by atoms with Gasteiger partial charge in [-0.05, 0) is 55.7 Å². The quantitative estimate of drug-likeness (QED) is 0.549. The Morgan fingerprint density at radius 2 is 1.91 bits per heavy atom. The molecule has 1 aromatic heterocycles. The van der Waals surface area contributed by atoms with Gasteiger partial charge in [0.1, 0.15) is 5.78 Å². The van der Waals surface area contributed by atoms with Crippen molar-refractivity contribution in [2.24, 2.45) is 0 Å². The van der Waals surface area contributed by atoms with Crippen LogP contribution >= 0.6 is 11.6 Å². The minimum Gasteiger partial charge on any atom is -0.324 e. The summed E-state index contributed by atoms with van der Waals surface area (Å²) in [6.07, 6.45) is 2.06. The van der Waals surface area contributed by atoms with E-state index < -0.39 is 6.04 Å². The number of ketones is 2. The molecule has 0 spiro atoms. The Labute approximate surface area is 189 Å². The number of hydrogen-bond acceptors (Lipinski definition) is 5. The lowest BCUT2D eigenvalue weighted by atomic mass is 10.0. The van der Waals surface area contributed by atoms with Gasteiger partial charge in [0, 0.05) is 23.6 Å². The largest absolute Gasteiger partial charge is 0.324 e. The van der Waals surface area contributed by atoms with E-state index in [0.717, 1.165) is 11.1 Å². The van der Waals surface area contributed by atoms with Crippen LogP contribution in [-0.4, -0.2) is 38.0 Å². The van der Waals surface area contributed by atoms with Crippen LogP contribution in [0, 0.1) is 0 Å².